The molecule has 4 heterocycles. The Labute approximate surface area is 200 Å². The van der Waals surface area contributed by atoms with Crippen molar-refractivity contribution >= 4 is 11.4 Å². The number of hydrogen-bond acceptors (Lipinski definition) is 3. The largest absolute Gasteiger partial charge is 0.368 e. The SMILES string of the molecule is [C-]#[N+]c1ccc(-c2cc3n(c2)Cc2cc(N4CC(C)N[C@H](C)C4)ccc2-n2cc(C)nc2-3)cc1. The van der Waals surface area contributed by atoms with E-state index in [4.69, 9.17) is 11.6 Å². The molecule has 2 aliphatic heterocycles. The highest BCUT2D eigenvalue weighted by molar-refractivity contribution is 5.73. The Balaban J connectivity index is 1.44. The van der Waals surface area contributed by atoms with Gasteiger partial charge in [0.05, 0.1) is 23.6 Å². The van der Waals surface area contributed by atoms with E-state index in [9.17, 15) is 0 Å². The molecule has 2 aromatic carbocycles. The minimum absolute atomic E-state index is 0.471. The molecule has 0 saturated carbocycles. The van der Waals surface area contributed by atoms with Crippen LogP contribution in [0, 0.1) is 13.5 Å². The third-order valence-electron chi connectivity index (χ3n) is 6.87. The van der Waals surface area contributed by atoms with Crippen LogP contribution < -0.4 is 10.2 Å². The Kier molecular flexibility index (Phi) is 4.82. The van der Waals surface area contributed by atoms with Gasteiger partial charge in [0, 0.05) is 55.4 Å². The molecule has 0 amide bonds. The van der Waals surface area contributed by atoms with Crippen molar-refractivity contribution in [1.82, 2.24) is 19.4 Å². The van der Waals surface area contributed by atoms with E-state index in [2.05, 4.69) is 81.6 Å². The third-order valence-corrected chi connectivity index (χ3v) is 6.87. The number of nitrogens with zero attached hydrogens (tertiary/aromatic N) is 5. The highest BCUT2D eigenvalue weighted by Gasteiger charge is 2.25. The van der Waals surface area contributed by atoms with Crippen LogP contribution in [0.3, 0.4) is 0 Å². The lowest BCUT2D eigenvalue weighted by molar-refractivity contribution is 0.407. The molecule has 1 unspecified atom stereocenters. The average molecular weight is 449 g/mol. The first-order chi connectivity index (χ1) is 16.5. The van der Waals surface area contributed by atoms with Crippen LogP contribution in [0.2, 0.25) is 0 Å². The van der Waals surface area contributed by atoms with Crippen molar-refractivity contribution < 1.29 is 0 Å². The van der Waals surface area contributed by atoms with Gasteiger partial charge >= 0.3 is 0 Å². The van der Waals surface area contributed by atoms with E-state index in [1.165, 1.54) is 16.9 Å². The number of imidazole rings is 1. The molecule has 1 fully saturated rings. The zero-order chi connectivity index (χ0) is 23.4. The van der Waals surface area contributed by atoms with Crippen molar-refractivity contribution in [3.8, 4) is 28.3 Å². The molecule has 0 aliphatic carbocycles. The number of piperazine rings is 1. The van der Waals surface area contributed by atoms with Crippen LogP contribution in [0.1, 0.15) is 25.1 Å². The van der Waals surface area contributed by atoms with Crippen LogP contribution in [-0.4, -0.2) is 39.3 Å². The van der Waals surface area contributed by atoms with Crippen molar-refractivity contribution in [3.05, 3.63) is 83.6 Å². The van der Waals surface area contributed by atoms with Crippen molar-refractivity contribution in [2.75, 3.05) is 18.0 Å². The summed E-state index contributed by atoms with van der Waals surface area (Å²) in [4.78, 5) is 10.9. The fraction of sp³-hybridized carbons (Fsp3) is 0.286. The molecule has 0 bridgehead atoms. The summed E-state index contributed by atoms with van der Waals surface area (Å²) >= 11 is 0. The Hall–Kier alpha value is -3.82. The summed E-state index contributed by atoms with van der Waals surface area (Å²) in [7, 11) is 0. The number of rotatable bonds is 2. The van der Waals surface area contributed by atoms with E-state index in [1.807, 2.05) is 24.3 Å². The Morgan fingerprint density at radius 2 is 1.74 bits per heavy atom. The van der Waals surface area contributed by atoms with Gasteiger partial charge in [-0.1, -0.05) is 24.3 Å². The number of nitrogens with one attached hydrogen (secondary N) is 1. The second-order valence-corrected chi connectivity index (χ2v) is 9.66. The molecule has 6 nitrogen and oxygen atoms in total. The highest BCUT2D eigenvalue weighted by Crippen LogP contribution is 2.36. The first-order valence-corrected chi connectivity index (χ1v) is 11.9. The molecule has 2 aliphatic rings. The number of benzene rings is 2. The number of hydrogen-bond donors (Lipinski definition) is 1. The van der Waals surface area contributed by atoms with Gasteiger partial charge in [-0.2, -0.15) is 0 Å². The third kappa shape index (κ3) is 3.49. The molecule has 2 aromatic heterocycles. The summed E-state index contributed by atoms with van der Waals surface area (Å²) in [6, 6.07) is 17.8. The molecular weight excluding hydrogens is 420 g/mol. The first-order valence-electron chi connectivity index (χ1n) is 11.9. The quantitative estimate of drug-likeness (QED) is 0.367. The van der Waals surface area contributed by atoms with E-state index in [1.54, 1.807) is 0 Å². The lowest BCUT2D eigenvalue weighted by Gasteiger charge is -2.38. The van der Waals surface area contributed by atoms with Gasteiger partial charge in [-0.05, 0) is 56.2 Å². The summed E-state index contributed by atoms with van der Waals surface area (Å²) in [5.41, 5.74) is 8.80. The molecule has 34 heavy (non-hydrogen) atoms. The maximum absolute atomic E-state index is 7.22. The molecule has 0 spiro atoms. The lowest BCUT2D eigenvalue weighted by atomic mass is 10.1. The second kappa shape index (κ2) is 7.89. The van der Waals surface area contributed by atoms with Crippen LogP contribution in [0.25, 0.3) is 33.2 Å². The van der Waals surface area contributed by atoms with Gasteiger partial charge in [-0.15, -0.1) is 0 Å². The van der Waals surface area contributed by atoms with Gasteiger partial charge in [0.1, 0.15) is 0 Å². The van der Waals surface area contributed by atoms with Crippen LogP contribution in [0.4, 0.5) is 11.4 Å². The summed E-state index contributed by atoms with van der Waals surface area (Å²) in [6.07, 6.45) is 4.35. The van der Waals surface area contributed by atoms with Gasteiger partial charge in [0.2, 0.25) is 0 Å². The van der Waals surface area contributed by atoms with E-state index >= 15 is 0 Å². The monoisotopic (exact) mass is 448 g/mol. The van der Waals surface area contributed by atoms with E-state index in [0.717, 1.165) is 48.0 Å². The highest BCUT2D eigenvalue weighted by atomic mass is 15.2. The fourth-order valence-corrected chi connectivity index (χ4v) is 5.43. The van der Waals surface area contributed by atoms with Crippen LogP contribution in [0.5, 0.6) is 0 Å². The second-order valence-electron chi connectivity index (χ2n) is 9.66. The summed E-state index contributed by atoms with van der Waals surface area (Å²) in [5, 5.41) is 3.63. The minimum atomic E-state index is 0.471. The number of fused-ring (bicyclic) bond motifs is 5. The predicted molar refractivity (Wildman–Crippen MR) is 137 cm³/mol. The van der Waals surface area contributed by atoms with Gasteiger partial charge in [-0.25, -0.2) is 9.83 Å². The molecule has 0 radical (unpaired) electrons. The number of aromatic nitrogens is 3. The van der Waals surface area contributed by atoms with Crippen molar-refractivity contribution in [2.24, 2.45) is 0 Å². The normalized spacial score (nSPS) is 19.1. The topological polar surface area (TPSA) is 42.4 Å². The average Bonchev–Trinajstić information content (AvgIpc) is 3.39. The van der Waals surface area contributed by atoms with Gasteiger partial charge < -0.3 is 14.8 Å². The van der Waals surface area contributed by atoms with Crippen LogP contribution >= 0.6 is 0 Å². The summed E-state index contributed by atoms with van der Waals surface area (Å²) in [6.45, 7) is 16.6. The standard InChI is InChI=1S/C28H28N6/c1-18-13-32(14-19(2)30-18)25-9-10-26-23(11-25)17-33-16-22(21-5-7-24(29-4)8-6-21)12-27(33)28-31-20(3)15-34(26)28/h5-12,15-16,18-19,30H,13-14,17H2,1-3H3/t18-,19?/m1/s1. The number of aryl methyl sites for hydroxylation is 1. The van der Waals surface area contributed by atoms with Crippen molar-refractivity contribution in [1.29, 1.82) is 0 Å². The Bertz CT molecular complexity index is 1410. The Morgan fingerprint density at radius 1 is 0.971 bits per heavy atom. The van der Waals surface area contributed by atoms with E-state index < -0.39 is 0 Å². The molecule has 1 saturated heterocycles. The van der Waals surface area contributed by atoms with Crippen molar-refractivity contribution in [2.45, 2.75) is 39.4 Å². The first kappa shape index (κ1) is 20.8. The van der Waals surface area contributed by atoms with Gasteiger partial charge in [-0.3, -0.25) is 4.57 Å². The zero-order valence-electron chi connectivity index (χ0n) is 19.8. The molecule has 4 aromatic rings. The predicted octanol–water partition coefficient (Wildman–Crippen LogP) is 5.42. The van der Waals surface area contributed by atoms with Crippen molar-refractivity contribution in [3.63, 3.8) is 0 Å². The summed E-state index contributed by atoms with van der Waals surface area (Å²) < 4.78 is 4.55. The maximum Gasteiger partial charge on any atom is 0.187 e. The van der Waals surface area contributed by atoms with Crippen LogP contribution in [-0.2, 0) is 6.54 Å². The molecule has 6 rings (SSSR count). The van der Waals surface area contributed by atoms with Gasteiger partial charge in [0.15, 0.2) is 11.5 Å². The number of anilines is 1. The Morgan fingerprint density at radius 3 is 2.47 bits per heavy atom. The summed E-state index contributed by atoms with van der Waals surface area (Å²) in [5.74, 6) is 0.970. The fourth-order valence-electron chi connectivity index (χ4n) is 5.43. The molecule has 6 heteroatoms. The van der Waals surface area contributed by atoms with E-state index in [-0.39, 0.29) is 0 Å². The molecule has 2 atom stereocenters. The molecule has 1 N–H and O–H groups in total. The maximum atomic E-state index is 7.22. The van der Waals surface area contributed by atoms with Crippen LogP contribution in [0.15, 0.2) is 60.9 Å². The minimum Gasteiger partial charge on any atom is -0.368 e. The van der Waals surface area contributed by atoms with E-state index in [0.29, 0.717) is 17.8 Å². The smallest absolute Gasteiger partial charge is 0.187 e. The molecular formula is C28H28N6. The molecule has 170 valence electrons. The van der Waals surface area contributed by atoms with Gasteiger partial charge in [0.25, 0.3) is 0 Å². The zero-order valence-corrected chi connectivity index (χ0v) is 19.8. The lowest BCUT2D eigenvalue weighted by Crippen LogP contribution is -2.54.